The van der Waals surface area contributed by atoms with E-state index >= 15 is 0 Å². The highest BCUT2D eigenvalue weighted by molar-refractivity contribution is 7.15. The van der Waals surface area contributed by atoms with Crippen molar-refractivity contribution >= 4 is 22.4 Å². The monoisotopic (exact) mass is 353 g/mol. The summed E-state index contributed by atoms with van der Waals surface area (Å²) < 4.78 is 7.00. The van der Waals surface area contributed by atoms with Gasteiger partial charge in [0.1, 0.15) is 10.6 Å². The average Bonchev–Trinajstić information content (AvgIpc) is 3.18. The van der Waals surface area contributed by atoms with E-state index in [-0.39, 0.29) is 5.56 Å². The summed E-state index contributed by atoms with van der Waals surface area (Å²) in [4.78, 5) is 26.1. The average molecular weight is 353 g/mol. The van der Waals surface area contributed by atoms with Gasteiger partial charge < -0.3 is 9.09 Å². The molecule has 3 aromatic heterocycles. The number of hydrogen-bond donors (Lipinski definition) is 0. The van der Waals surface area contributed by atoms with Gasteiger partial charge in [-0.25, -0.2) is 9.97 Å². The number of benzene rings is 1. The Kier molecular flexibility index (Phi) is 3.50. The van der Waals surface area contributed by atoms with Gasteiger partial charge in [0.15, 0.2) is 0 Å². The molecule has 4 rings (SSSR count). The topological polar surface area (TPSA) is 86.7 Å². The minimum absolute atomic E-state index is 0.0989. The molecule has 0 saturated carbocycles. The van der Waals surface area contributed by atoms with Crippen molar-refractivity contribution in [2.45, 2.75) is 20.8 Å². The first kappa shape index (κ1) is 15.6. The molecule has 1 aromatic carbocycles. The van der Waals surface area contributed by atoms with Gasteiger partial charge in [-0.3, -0.25) is 4.79 Å². The van der Waals surface area contributed by atoms with Crippen LogP contribution in [0.2, 0.25) is 0 Å². The van der Waals surface area contributed by atoms with E-state index in [2.05, 4.69) is 20.1 Å². The Labute approximate surface area is 147 Å². The molecule has 0 aliphatic carbocycles. The summed E-state index contributed by atoms with van der Waals surface area (Å²) in [5.74, 6) is 0.943. The van der Waals surface area contributed by atoms with Crippen LogP contribution in [0.15, 0.2) is 27.5 Å². The molecule has 0 spiro atoms. The standard InChI is InChI=1S/C17H15N5O2S/c1-8-14(25-10(3)18-8)16-20-15(21-24-16)11-5-6-13-12(7-11)19-9(2)17(23)22(13)4/h5-7H,1-4H3. The summed E-state index contributed by atoms with van der Waals surface area (Å²) in [6, 6.07) is 5.57. The van der Waals surface area contributed by atoms with Crippen molar-refractivity contribution in [2.75, 3.05) is 0 Å². The summed E-state index contributed by atoms with van der Waals surface area (Å²) >= 11 is 1.53. The third kappa shape index (κ3) is 2.54. The van der Waals surface area contributed by atoms with Gasteiger partial charge in [-0.2, -0.15) is 4.98 Å². The molecule has 3 heterocycles. The fourth-order valence-corrected chi connectivity index (χ4v) is 3.62. The van der Waals surface area contributed by atoms with Crippen LogP contribution in [-0.2, 0) is 7.05 Å². The maximum atomic E-state index is 12.0. The van der Waals surface area contributed by atoms with Crippen LogP contribution in [0.4, 0.5) is 0 Å². The lowest BCUT2D eigenvalue weighted by molar-refractivity contribution is 0.433. The third-order valence-electron chi connectivity index (χ3n) is 4.02. The molecule has 4 aromatic rings. The van der Waals surface area contributed by atoms with Gasteiger partial charge in [0, 0.05) is 12.6 Å². The van der Waals surface area contributed by atoms with Crippen molar-refractivity contribution in [1.29, 1.82) is 0 Å². The molecular formula is C17H15N5O2S. The van der Waals surface area contributed by atoms with E-state index in [4.69, 9.17) is 4.52 Å². The molecule has 126 valence electrons. The Morgan fingerprint density at radius 1 is 1.08 bits per heavy atom. The molecule has 0 fully saturated rings. The number of aromatic nitrogens is 5. The van der Waals surface area contributed by atoms with E-state index < -0.39 is 0 Å². The Balaban J connectivity index is 1.82. The van der Waals surface area contributed by atoms with Crippen molar-refractivity contribution in [2.24, 2.45) is 7.05 Å². The zero-order valence-electron chi connectivity index (χ0n) is 14.2. The van der Waals surface area contributed by atoms with Crippen LogP contribution in [0.3, 0.4) is 0 Å². The van der Waals surface area contributed by atoms with E-state index in [1.807, 2.05) is 32.0 Å². The van der Waals surface area contributed by atoms with Crippen molar-refractivity contribution in [1.82, 2.24) is 24.7 Å². The van der Waals surface area contributed by atoms with Crippen LogP contribution in [0.1, 0.15) is 16.4 Å². The van der Waals surface area contributed by atoms with Crippen molar-refractivity contribution < 1.29 is 4.52 Å². The molecule has 0 bridgehead atoms. The zero-order valence-corrected chi connectivity index (χ0v) is 15.0. The van der Waals surface area contributed by atoms with Gasteiger partial charge in [-0.1, -0.05) is 5.16 Å². The van der Waals surface area contributed by atoms with E-state index in [0.717, 1.165) is 26.7 Å². The van der Waals surface area contributed by atoms with Crippen molar-refractivity contribution in [3.63, 3.8) is 0 Å². The summed E-state index contributed by atoms with van der Waals surface area (Å²) in [5.41, 5.74) is 3.50. The highest BCUT2D eigenvalue weighted by atomic mass is 32.1. The molecule has 0 unspecified atom stereocenters. The largest absolute Gasteiger partial charge is 0.333 e. The van der Waals surface area contributed by atoms with Gasteiger partial charge in [0.2, 0.25) is 5.82 Å². The maximum absolute atomic E-state index is 12.0. The van der Waals surface area contributed by atoms with E-state index in [9.17, 15) is 4.79 Å². The van der Waals surface area contributed by atoms with E-state index in [1.165, 1.54) is 11.3 Å². The lowest BCUT2D eigenvalue weighted by atomic mass is 10.1. The Hall–Kier alpha value is -2.87. The molecule has 25 heavy (non-hydrogen) atoms. The molecule has 0 amide bonds. The van der Waals surface area contributed by atoms with Gasteiger partial charge in [-0.15, -0.1) is 11.3 Å². The fraction of sp³-hybridized carbons (Fsp3) is 0.235. The molecule has 7 nitrogen and oxygen atoms in total. The van der Waals surface area contributed by atoms with Gasteiger partial charge in [-0.05, 0) is 39.0 Å². The first-order chi connectivity index (χ1) is 11.9. The minimum Gasteiger partial charge on any atom is -0.333 e. The van der Waals surface area contributed by atoms with Crippen LogP contribution in [0.25, 0.3) is 33.2 Å². The van der Waals surface area contributed by atoms with E-state index in [0.29, 0.717) is 22.9 Å². The summed E-state index contributed by atoms with van der Waals surface area (Å²) in [6.07, 6.45) is 0. The lowest BCUT2D eigenvalue weighted by Gasteiger charge is -2.06. The lowest BCUT2D eigenvalue weighted by Crippen LogP contribution is -2.20. The Morgan fingerprint density at radius 3 is 2.60 bits per heavy atom. The number of rotatable bonds is 2. The predicted octanol–water partition coefficient (Wildman–Crippen LogP) is 3.03. The summed E-state index contributed by atoms with van der Waals surface area (Å²) in [7, 11) is 1.74. The minimum atomic E-state index is -0.0989. The predicted molar refractivity (Wildman–Crippen MR) is 95.6 cm³/mol. The van der Waals surface area contributed by atoms with E-state index in [1.54, 1.807) is 18.5 Å². The maximum Gasteiger partial charge on any atom is 0.272 e. The normalized spacial score (nSPS) is 11.4. The second-order valence-electron chi connectivity index (χ2n) is 5.84. The summed E-state index contributed by atoms with van der Waals surface area (Å²) in [6.45, 7) is 5.57. The second kappa shape index (κ2) is 5.59. The second-order valence-corrected chi connectivity index (χ2v) is 7.04. The quantitative estimate of drug-likeness (QED) is 0.550. The van der Waals surface area contributed by atoms with Crippen LogP contribution < -0.4 is 5.56 Å². The number of fused-ring (bicyclic) bond motifs is 1. The van der Waals surface area contributed by atoms with Crippen LogP contribution in [0, 0.1) is 20.8 Å². The van der Waals surface area contributed by atoms with Gasteiger partial charge in [0.25, 0.3) is 11.4 Å². The fourth-order valence-electron chi connectivity index (χ4n) is 2.78. The smallest absolute Gasteiger partial charge is 0.272 e. The first-order valence-electron chi connectivity index (χ1n) is 7.70. The Morgan fingerprint density at radius 2 is 1.88 bits per heavy atom. The molecule has 0 aliphatic heterocycles. The van der Waals surface area contributed by atoms with Gasteiger partial charge >= 0.3 is 0 Å². The molecule has 0 aliphatic rings. The number of aryl methyl sites for hydroxylation is 4. The van der Waals surface area contributed by atoms with Crippen LogP contribution in [-0.4, -0.2) is 24.7 Å². The number of thiazole rings is 1. The molecule has 0 N–H and O–H groups in total. The number of nitrogens with zero attached hydrogens (tertiary/aromatic N) is 5. The summed E-state index contributed by atoms with van der Waals surface area (Å²) in [5, 5.41) is 5.04. The van der Waals surface area contributed by atoms with Crippen molar-refractivity contribution in [3.05, 3.63) is 44.9 Å². The molecule has 0 saturated heterocycles. The zero-order chi connectivity index (χ0) is 17.7. The van der Waals surface area contributed by atoms with Crippen LogP contribution >= 0.6 is 11.3 Å². The molecule has 0 radical (unpaired) electrons. The molecule has 8 heteroatoms. The SMILES string of the molecule is Cc1nc(C)c(-c2nc(-c3ccc4c(c3)nc(C)c(=O)n4C)no2)s1. The van der Waals surface area contributed by atoms with Gasteiger partial charge in [0.05, 0.1) is 21.7 Å². The molecule has 0 atom stereocenters. The molecular weight excluding hydrogens is 338 g/mol. The third-order valence-corrected chi connectivity index (χ3v) is 5.08. The van der Waals surface area contributed by atoms with Crippen molar-refractivity contribution in [3.8, 4) is 22.2 Å². The highest BCUT2D eigenvalue weighted by Gasteiger charge is 2.16. The highest BCUT2D eigenvalue weighted by Crippen LogP contribution is 2.30. The van der Waals surface area contributed by atoms with Crippen LogP contribution in [0.5, 0.6) is 0 Å². The Bertz CT molecular complexity index is 1170. The first-order valence-corrected chi connectivity index (χ1v) is 8.51. The number of hydrogen-bond acceptors (Lipinski definition) is 7.